The van der Waals surface area contributed by atoms with Crippen molar-refractivity contribution in [3.8, 4) is 17.2 Å². The van der Waals surface area contributed by atoms with Crippen LogP contribution in [0.15, 0.2) is 12.1 Å². The van der Waals surface area contributed by atoms with Crippen LogP contribution in [0.25, 0.3) is 0 Å². The van der Waals surface area contributed by atoms with Crippen LogP contribution in [0.2, 0.25) is 0 Å². The van der Waals surface area contributed by atoms with Crippen molar-refractivity contribution in [2.45, 2.75) is 6.42 Å². The maximum Gasteiger partial charge on any atom is 0.223 e. The maximum atomic E-state index is 11.1. The molecule has 0 spiro atoms. The molecule has 0 unspecified atom stereocenters. The Morgan fingerprint density at radius 2 is 1.84 bits per heavy atom. The molecule has 0 fully saturated rings. The van der Waals surface area contributed by atoms with E-state index in [-0.39, 0.29) is 18.9 Å². The lowest BCUT2D eigenvalue weighted by molar-refractivity contribution is -0.121. The van der Waals surface area contributed by atoms with Crippen molar-refractivity contribution in [1.82, 2.24) is 5.32 Å². The van der Waals surface area contributed by atoms with Crippen molar-refractivity contribution in [2.75, 3.05) is 27.9 Å². The molecule has 1 N–H and O–H groups in total. The van der Waals surface area contributed by atoms with Gasteiger partial charge in [-0.25, -0.2) is 0 Å². The second-order valence-electron chi connectivity index (χ2n) is 3.64. The maximum absolute atomic E-state index is 11.1. The van der Waals surface area contributed by atoms with E-state index >= 15 is 0 Å². The number of carbonyl (C=O) groups is 2. The Balaban J connectivity index is 2.91. The summed E-state index contributed by atoms with van der Waals surface area (Å²) in [5.74, 6) is 1.03. The van der Waals surface area contributed by atoms with Crippen LogP contribution < -0.4 is 19.5 Å². The van der Waals surface area contributed by atoms with E-state index in [1.165, 1.54) is 14.2 Å². The molecule has 1 aromatic carbocycles. The second kappa shape index (κ2) is 7.25. The van der Waals surface area contributed by atoms with Gasteiger partial charge in [0.25, 0.3) is 0 Å². The molecule has 0 aliphatic heterocycles. The molecule has 1 rings (SSSR count). The number of aldehydes is 1. The minimum absolute atomic E-state index is 0.123. The first kappa shape index (κ1) is 14.8. The highest BCUT2D eigenvalue weighted by atomic mass is 16.5. The van der Waals surface area contributed by atoms with Crippen LogP contribution in [0.1, 0.15) is 16.8 Å². The molecule has 0 heterocycles. The van der Waals surface area contributed by atoms with Crippen LogP contribution in [0, 0.1) is 0 Å². The number of ether oxygens (including phenoxy) is 3. The van der Waals surface area contributed by atoms with Gasteiger partial charge in [0.15, 0.2) is 11.5 Å². The quantitative estimate of drug-likeness (QED) is 0.747. The summed E-state index contributed by atoms with van der Waals surface area (Å²) < 4.78 is 15.8. The molecule has 0 atom stereocenters. The van der Waals surface area contributed by atoms with Crippen LogP contribution in [0.3, 0.4) is 0 Å². The van der Waals surface area contributed by atoms with Gasteiger partial charge in [0, 0.05) is 12.6 Å². The first-order valence-electron chi connectivity index (χ1n) is 5.70. The molecule has 0 aromatic heterocycles. The summed E-state index contributed by atoms with van der Waals surface area (Å²) in [5, 5.41) is 2.50. The van der Waals surface area contributed by atoms with Gasteiger partial charge in [0.1, 0.15) is 6.29 Å². The predicted molar refractivity (Wildman–Crippen MR) is 69.1 cm³/mol. The Kier molecular flexibility index (Phi) is 5.66. The number of carbonyl (C=O) groups excluding carboxylic acids is 2. The van der Waals surface area contributed by atoms with E-state index in [0.717, 1.165) is 0 Å². The zero-order chi connectivity index (χ0) is 14.3. The molecule has 0 radical (unpaired) electrons. The molecule has 1 amide bonds. The first-order chi connectivity index (χ1) is 9.15. The summed E-state index contributed by atoms with van der Waals surface area (Å²) in [7, 11) is 4.49. The molecule has 0 aliphatic rings. The largest absolute Gasteiger partial charge is 0.493 e. The summed E-state index contributed by atoms with van der Waals surface area (Å²) >= 11 is 0. The summed E-state index contributed by atoms with van der Waals surface area (Å²) in [6, 6.07) is 3.09. The van der Waals surface area contributed by atoms with E-state index in [1.807, 2.05) is 0 Å². The van der Waals surface area contributed by atoms with Crippen molar-refractivity contribution in [3.05, 3.63) is 17.7 Å². The van der Waals surface area contributed by atoms with E-state index in [4.69, 9.17) is 14.2 Å². The number of nitrogens with one attached hydrogen (secondary N) is 1. The Morgan fingerprint density at radius 3 is 2.26 bits per heavy atom. The van der Waals surface area contributed by atoms with E-state index in [9.17, 15) is 9.59 Å². The fourth-order valence-corrected chi connectivity index (χ4v) is 1.48. The van der Waals surface area contributed by atoms with E-state index < -0.39 is 0 Å². The number of amides is 1. The Hall–Kier alpha value is -2.24. The summed E-state index contributed by atoms with van der Waals surface area (Å²) in [6.07, 6.45) is 0.914. The minimum Gasteiger partial charge on any atom is -0.493 e. The number of rotatable bonds is 7. The lowest BCUT2D eigenvalue weighted by Crippen LogP contribution is -2.20. The molecule has 0 bridgehead atoms. The number of hydrogen-bond donors (Lipinski definition) is 1. The zero-order valence-electron chi connectivity index (χ0n) is 11.2. The Morgan fingerprint density at radius 1 is 1.26 bits per heavy atom. The van der Waals surface area contributed by atoms with Crippen LogP contribution in [-0.2, 0) is 4.79 Å². The van der Waals surface area contributed by atoms with Gasteiger partial charge in [-0.1, -0.05) is 0 Å². The van der Waals surface area contributed by atoms with Gasteiger partial charge in [-0.2, -0.15) is 0 Å². The zero-order valence-corrected chi connectivity index (χ0v) is 11.2. The molecular formula is C13H17NO5. The van der Waals surface area contributed by atoms with Gasteiger partial charge in [-0.05, 0) is 12.1 Å². The van der Waals surface area contributed by atoms with Crippen LogP contribution >= 0.6 is 0 Å². The predicted octanol–water partition coefficient (Wildman–Crippen LogP) is 1.03. The average molecular weight is 267 g/mol. The lowest BCUT2D eigenvalue weighted by atomic mass is 10.2. The highest BCUT2D eigenvalue weighted by molar-refractivity contribution is 5.78. The number of benzene rings is 1. The fourth-order valence-electron chi connectivity index (χ4n) is 1.48. The lowest BCUT2D eigenvalue weighted by Gasteiger charge is -2.14. The molecular weight excluding hydrogens is 250 g/mol. The third-order valence-corrected chi connectivity index (χ3v) is 2.47. The van der Waals surface area contributed by atoms with Gasteiger partial charge >= 0.3 is 0 Å². The molecule has 0 saturated heterocycles. The average Bonchev–Trinajstić information content (AvgIpc) is 2.46. The standard InChI is InChI=1S/C13H17NO5/c1-14-12(16)4-5-19-13-10(17-2)6-9(8-15)7-11(13)18-3/h6-8H,4-5H2,1-3H3,(H,14,16). The van der Waals surface area contributed by atoms with Gasteiger partial charge in [-0.15, -0.1) is 0 Å². The normalized spacial score (nSPS) is 9.63. The molecule has 6 heteroatoms. The van der Waals surface area contributed by atoms with Crippen molar-refractivity contribution in [1.29, 1.82) is 0 Å². The Labute approximate surface area is 111 Å². The molecule has 19 heavy (non-hydrogen) atoms. The van der Waals surface area contributed by atoms with Crippen molar-refractivity contribution < 1.29 is 23.8 Å². The monoisotopic (exact) mass is 267 g/mol. The first-order valence-corrected chi connectivity index (χ1v) is 5.70. The molecule has 0 aliphatic carbocycles. The minimum atomic E-state index is -0.123. The molecule has 0 saturated carbocycles. The van der Waals surface area contributed by atoms with Crippen LogP contribution in [-0.4, -0.2) is 40.1 Å². The summed E-state index contributed by atoms with van der Waals surface area (Å²) in [5.41, 5.74) is 0.423. The van der Waals surface area contributed by atoms with Crippen LogP contribution in [0.4, 0.5) is 0 Å². The van der Waals surface area contributed by atoms with Crippen LogP contribution in [0.5, 0.6) is 17.2 Å². The fraction of sp³-hybridized carbons (Fsp3) is 0.385. The summed E-state index contributed by atoms with van der Waals surface area (Å²) in [4.78, 5) is 21.9. The highest BCUT2D eigenvalue weighted by Crippen LogP contribution is 2.38. The smallest absolute Gasteiger partial charge is 0.223 e. The van der Waals surface area contributed by atoms with Crippen molar-refractivity contribution in [3.63, 3.8) is 0 Å². The number of hydrogen-bond acceptors (Lipinski definition) is 5. The summed E-state index contributed by atoms with van der Waals surface area (Å²) in [6.45, 7) is 0.187. The number of methoxy groups -OCH3 is 2. The SMILES string of the molecule is CNC(=O)CCOc1c(OC)cc(C=O)cc1OC. The molecule has 6 nitrogen and oxygen atoms in total. The van der Waals surface area contributed by atoms with Gasteiger partial charge < -0.3 is 19.5 Å². The van der Waals surface area contributed by atoms with Gasteiger partial charge in [0.2, 0.25) is 11.7 Å². The van der Waals surface area contributed by atoms with Crippen molar-refractivity contribution >= 4 is 12.2 Å². The third-order valence-electron chi connectivity index (χ3n) is 2.47. The van der Waals surface area contributed by atoms with E-state index in [0.29, 0.717) is 29.1 Å². The topological polar surface area (TPSA) is 73.9 Å². The van der Waals surface area contributed by atoms with Crippen molar-refractivity contribution in [2.24, 2.45) is 0 Å². The van der Waals surface area contributed by atoms with Gasteiger partial charge in [0.05, 0.1) is 27.2 Å². The Bertz CT molecular complexity index is 433. The molecule has 104 valence electrons. The molecule has 1 aromatic rings. The van der Waals surface area contributed by atoms with Gasteiger partial charge in [-0.3, -0.25) is 9.59 Å². The highest BCUT2D eigenvalue weighted by Gasteiger charge is 2.14. The second-order valence-corrected chi connectivity index (χ2v) is 3.64. The van der Waals surface area contributed by atoms with E-state index in [2.05, 4.69) is 5.32 Å². The van der Waals surface area contributed by atoms with E-state index in [1.54, 1.807) is 19.2 Å². The third kappa shape index (κ3) is 3.87.